The number of anilines is 2. The van der Waals surface area contributed by atoms with Crippen molar-refractivity contribution in [3.05, 3.63) is 35.1 Å². The van der Waals surface area contributed by atoms with Gasteiger partial charge in [-0.2, -0.15) is 9.97 Å². The van der Waals surface area contributed by atoms with Gasteiger partial charge in [0, 0.05) is 12.4 Å². The first-order valence-electron chi connectivity index (χ1n) is 9.47. The largest absolute Gasteiger partial charge is 0.479 e. The lowest BCUT2D eigenvalue weighted by Crippen LogP contribution is -2.19. The van der Waals surface area contributed by atoms with Crippen LogP contribution in [0, 0.1) is 13.8 Å². The summed E-state index contributed by atoms with van der Waals surface area (Å²) in [6, 6.07) is 0. The third kappa shape index (κ3) is 3.30. The highest BCUT2D eigenvalue weighted by Gasteiger charge is 2.24. The number of halogens is 2. The molecule has 1 aliphatic heterocycles. The molecule has 10 nitrogen and oxygen atoms in total. The van der Waals surface area contributed by atoms with E-state index in [4.69, 9.17) is 21.1 Å². The number of hydrogen-bond acceptors (Lipinski definition) is 8. The first-order chi connectivity index (χ1) is 14.9. The Balaban J connectivity index is 1.66. The van der Waals surface area contributed by atoms with E-state index < -0.39 is 6.17 Å². The average molecular weight is 445 g/mol. The molecule has 0 fully saturated rings. The summed E-state index contributed by atoms with van der Waals surface area (Å²) in [5.74, 6) is 1.42. The highest BCUT2D eigenvalue weighted by atomic mass is 35.5. The molecule has 5 heterocycles. The second kappa shape index (κ2) is 7.34. The van der Waals surface area contributed by atoms with Crippen molar-refractivity contribution in [1.29, 1.82) is 0 Å². The molecule has 0 spiro atoms. The summed E-state index contributed by atoms with van der Waals surface area (Å²) < 4.78 is 29.1. The van der Waals surface area contributed by atoms with Crippen LogP contribution in [0.2, 0.25) is 5.02 Å². The lowest BCUT2D eigenvalue weighted by Gasteiger charge is -2.10. The summed E-state index contributed by atoms with van der Waals surface area (Å²) >= 11 is 6.25. The lowest BCUT2D eigenvalue weighted by molar-refractivity contribution is 0.175. The Hall–Kier alpha value is -3.47. The molecule has 0 saturated heterocycles. The Kier molecular flexibility index (Phi) is 4.62. The summed E-state index contributed by atoms with van der Waals surface area (Å²) in [4.78, 5) is 17.4. The third-order valence-electron chi connectivity index (χ3n) is 4.96. The number of alkyl halides is 1. The van der Waals surface area contributed by atoms with Gasteiger partial charge < -0.3 is 19.4 Å². The van der Waals surface area contributed by atoms with Gasteiger partial charge in [0.15, 0.2) is 6.17 Å². The van der Waals surface area contributed by atoms with Crippen molar-refractivity contribution in [2.45, 2.75) is 26.6 Å². The zero-order valence-corrected chi connectivity index (χ0v) is 17.7. The topological polar surface area (TPSA) is 105 Å². The van der Waals surface area contributed by atoms with E-state index in [1.54, 1.807) is 34.8 Å². The number of aromatic nitrogens is 7. The summed E-state index contributed by atoms with van der Waals surface area (Å²) in [6.07, 6.45) is 3.54. The van der Waals surface area contributed by atoms with E-state index in [-0.39, 0.29) is 19.0 Å². The van der Waals surface area contributed by atoms with Crippen LogP contribution >= 0.6 is 11.6 Å². The molecule has 0 saturated carbocycles. The molecule has 0 radical (unpaired) electrons. The van der Waals surface area contributed by atoms with Crippen LogP contribution in [-0.4, -0.2) is 54.2 Å². The molecule has 0 amide bonds. The molecular weight excluding hydrogens is 427 g/mol. The second-order valence-electron chi connectivity index (χ2n) is 7.08. The third-order valence-corrected chi connectivity index (χ3v) is 5.26. The van der Waals surface area contributed by atoms with Gasteiger partial charge in [-0.1, -0.05) is 11.6 Å². The Morgan fingerprint density at radius 2 is 2.10 bits per heavy atom. The van der Waals surface area contributed by atoms with Gasteiger partial charge in [-0.05, 0) is 13.8 Å². The van der Waals surface area contributed by atoms with E-state index in [1.165, 1.54) is 7.11 Å². The van der Waals surface area contributed by atoms with Gasteiger partial charge in [0.1, 0.15) is 29.5 Å². The van der Waals surface area contributed by atoms with Crippen molar-refractivity contribution in [1.82, 2.24) is 34.3 Å². The fourth-order valence-electron chi connectivity index (χ4n) is 3.47. The molecule has 1 N–H and O–H groups in total. The first-order valence-corrected chi connectivity index (χ1v) is 9.85. The van der Waals surface area contributed by atoms with E-state index in [0.29, 0.717) is 50.8 Å². The van der Waals surface area contributed by atoms with E-state index in [0.717, 1.165) is 0 Å². The fraction of sp³-hybridized carbons (Fsp3) is 0.316. The summed E-state index contributed by atoms with van der Waals surface area (Å²) in [5, 5.41) is 8.76. The highest BCUT2D eigenvalue weighted by Crippen LogP contribution is 2.35. The van der Waals surface area contributed by atoms with Crippen LogP contribution in [0.5, 0.6) is 11.8 Å². The molecule has 4 aromatic rings. The zero-order valence-electron chi connectivity index (χ0n) is 16.9. The molecular formula is C19H18ClFN8O2. The number of nitrogens with zero attached hydrogens (tertiary/aromatic N) is 7. The Bertz CT molecular complexity index is 1300. The molecule has 1 aliphatic rings. The number of aryl methyl sites for hydroxylation is 1. The van der Waals surface area contributed by atoms with Crippen molar-refractivity contribution in [3.8, 4) is 17.4 Å². The lowest BCUT2D eigenvalue weighted by atomic mass is 10.3. The van der Waals surface area contributed by atoms with Crippen LogP contribution in [0.3, 0.4) is 0 Å². The highest BCUT2D eigenvalue weighted by molar-refractivity contribution is 6.35. The second-order valence-corrected chi connectivity index (χ2v) is 7.49. The number of rotatable bonds is 2. The SMILES string of the molecule is COc1nc(C)ncc1-n1nc2c(c1C)Nc1ncc3c(Cl)cn(c3n1)C[C@@H](F)CO2. The number of hydrogen-bond donors (Lipinski definition) is 1. The molecule has 1 atom stereocenters. The van der Waals surface area contributed by atoms with Gasteiger partial charge in [0.25, 0.3) is 5.88 Å². The van der Waals surface area contributed by atoms with E-state index in [2.05, 4.69) is 30.4 Å². The Morgan fingerprint density at radius 3 is 2.90 bits per heavy atom. The standard InChI is InChI=1S/C19H18ClFN8O2/c1-9-15-18(27-29(9)14-5-22-10(2)24-17(14)30-3)31-8-11(21)6-28-7-13(20)12-4-23-19(25-15)26-16(12)28/h4-5,7,11H,6,8H2,1-3H3,(H,23,25,26)/t11-/m1/s1. The average Bonchev–Trinajstić information content (AvgIpc) is 3.22. The monoisotopic (exact) mass is 444 g/mol. The van der Waals surface area contributed by atoms with E-state index >= 15 is 0 Å². The van der Waals surface area contributed by atoms with Crippen molar-refractivity contribution in [2.75, 3.05) is 19.0 Å². The normalized spacial score (nSPS) is 15.8. The molecule has 5 rings (SSSR count). The maximum Gasteiger partial charge on any atom is 0.257 e. The fourth-order valence-corrected chi connectivity index (χ4v) is 3.72. The molecule has 31 heavy (non-hydrogen) atoms. The van der Waals surface area contributed by atoms with Crippen LogP contribution in [0.1, 0.15) is 11.5 Å². The van der Waals surface area contributed by atoms with Gasteiger partial charge >= 0.3 is 0 Å². The van der Waals surface area contributed by atoms with Crippen LogP contribution in [-0.2, 0) is 6.54 Å². The predicted octanol–water partition coefficient (Wildman–Crippen LogP) is 3.16. The molecule has 0 aliphatic carbocycles. The van der Waals surface area contributed by atoms with Gasteiger partial charge in [0.2, 0.25) is 11.8 Å². The van der Waals surface area contributed by atoms with Crippen molar-refractivity contribution >= 4 is 34.3 Å². The maximum atomic E-state index is 14.7. The minimum absolute atomic E-state index is 0.0360. The van der Waals surface area contributed by atoms with Gasteiger partial charge in [0.05, 0.1) is 36.0 Å². The molecule has 2 bridgehead atoms. The smallest absolute Gasteiger partial charge is 0.257 e. The van der Waals surface area contributed by atoms with Gasteiger partial charge in [-0.25, -0.2) is 19.0 Å². The number of fused-ring (bicyclic) bond motifs is 2. The summed E-state index contributed by atoms with van der Waals surface area (Å²) in [6.45, 7) is 3.42. The number of methoxy groups -OCH3 is 1. The van der Waals surface area contributed by atoms with E-state index in [9.17, 15) is 4.39 Å². The zero-order chi connectivity index (χ0) is 21.7. The van der Waals surface area contributed by atoms with Crippen LogP contribution in [0.15, 0.2) is 18.6 Å². The number of nitrogens with one attached hydrogen (secondary N) is 1. The molecule has 0 unspecified atom stereocenters. The number of ether oxygens (including phenoxy) is 2. The van der Waals surface area contributed by atoms with Crippen molar-refractivity contribution in [2.24, 2.45) is 0 Å². The maximum absolute atomic E-state index is 14.7. The summed E-state index contributed by atoms with van der Waals surface area (Å²) in [5.41, 5.74) is 2.21. The van der Waals surface area contributed by atoms with Crippen molar-refractivity contribution < 1.29 is 13.9 Å². The van der Waals surface area contributed by atoms with E-state index in [1.807, 2.05) is 6.92 Å². The van der Waals surface area contributed by atoms with Gasteiger partial charge in [-0.3, -0.25) is 0 Å². The minimum atomic E-state index is -1.31. The summed E-state index contributed by atoms with van der Waals surface area (Å²) in [7, 11) is 1.52. The Labute approximate surface area is 181 Å². The van der Waals surface area contributed by atoms with Crippen LogP contribution in [0.25, 0.3) is 16.7 Å². The first kappa shape index (κ1) is 19.5. The minimum Gasteiger partial charge on any atom is -0.479 e. The van der Waals surface area contributed by atoms with Gasteiger partial charge in [-0.15, -0.1) is 5.10 Å². The predicted molar refractivity (Wildman–Crippen MR) is 111 cm³/mol. The van der Waals surface area contributed by atoms with Crippen LogP contribution in [0.4, 0.5) is 16.0 Å². The molecule has 12 heteroatoms. The molecule has 4 aromatic heterocycles. The molecule has 0 aromatic carbocycles. The quantitative estimate of drug-likeness (QED) is 0.502. The molecule has 160 valence electrons. The Morgan fingerprint density at radius 1 is 1.26 bits per heavy atom. The van der Waals surface area contributed by atoms with Crippen LogP contribution < -0.4 is 14.8 Å². The van der Waals surface area contributed by atoms with Crippen molar-refractivity contribution in [3.63, 3.8) is 0 Å².